The van der Waals surface area contributed by atoms with Crippen LogP contribution in [0.4, 0.5) is 0 Å². The van der Waals surface area contributed by atoms with E-state index in [0.717, 1.165) is 31.0 Å². The molecule has 0 spiro atoms. The normalized spacial score (nSPS) is 14.0. The Hall–Kier alpha value is -0.960. The third-order valence-corrected chi connectivity index (χ3v) is 2.67. The van der Waals surface area contributed by atoms with Crippen LogP contribution in [0.2, 0.25) is 0 Å². The zero-order chi connectivity index (χ0) is 12.8. The summed E-state index contributed by atoms with van der Waals surface area (Å²) in [7, 11) is 0. The highest BCUT2D eigenvalue weighted by molar-refractivity contribution is 5.27. The second-order valence-electron chi connectivity index (χ2n) is 4.88. The fourth-order valence-electron chi connectivity index (χ4n) is 1.79. The van der Waals surface area contributed by atoms with Gasteiger partial charge in [-0.15, -0.1) is 0 Å². The lowest BCUT2D eigenvalue weighted by Crippen LogP contribution is -2.26. The minimum atomic E-state index is 0.425. The first kappa shape index (κ1) is 14.1. The number of nitrogens with zero attached hydrogens (tertiary/aromatic N) is 2. The molecule has 0 radical (unpaired) electrons. The molecule has 1 aliphatic heterocycles. The van der Waals surface area contributed by atoms with Crippen LogP contribution < -0.4 is 5.32 Å². The first-order valence-electron chi connectivity index (χ1n) is 6.67. The number of aryl methyl sites for hydroxylation is 1. The van der Waals surface area contributed by atoms with Crippen LogP contribution in [0.1, 0.15) is 62.8 Å². The molecule has 0 unspecified atom stereocenters. The van der Waals surface area contributed by atoms with E-state index in [2.05, 4.69) is 49.9 Å². The fraction of sp³-hybridized carbons (Fsp3) is 0.714. The summed E-state index contributed by atoms with van der Waals surface area (Å²) in [5.74, 6) is 1.41. The van der Waals surface area contributed by atoms with Crippen molar-refractivity contribution in [3.63, 3.8) is 0 Å². The lowest BCUT2D eigenvalue weighted by Gasteiger charge is -2.19. The fourth-order valence-corrected chi connectivity index (χ4v) is 1.79. The van der Waals surface area contributed by atoms with Crippen molar-refractivity contribution in [1.29, 1.82) is 0 Å². The van der Waals surface area contributed by atoms with E-state index < -0.39 is 0 Å². The molecule has 0 amide bonds. The van der Waals surface area contributed by atoms with Gasteiger partial charge in [0.2, 0.25) is 0 Å². The monoisotopic (exact) mass is 235 g/mol. The number of rotatable bonds is 1. The van der Waals surface area contributed by atoms with Crippen LogP contribution in [0.15, 0.2) is 0 Å². The predicted octanol–water partition coefficient (Wildman–Crippen LogP) is 2.97. The van der Waals surface area contributed by atoms with E-state index in [-0.39, 0.29) is 0 Å². The van der Waals surface area contributed by atoms with E-state index in [0.29, 0.717) is 5.92 Å². The summed E-state index contributed by atoms with van der Waals surface area (Å²) in [4.78, 5) is 9.16. The molecule has 1 aromatic heterocycles. The number of hydrogen-bond donors (Lipinski definition) is 1. The van der Waals surface area contributed by atoms with Gasteiger partial charge in [-0.25, -0.2) is 9.97 Å². The van der Waals surface area contributed by atoms with Crippen molar-refractivity contribution >= 4 is 0 Å². The van der Waals surface area contributed by atoms with Crippen molar-refractivity contribution in [2.24, 2.45) is 0 Å². The molecule has 3 nitrogen and oxygen atoms in total. The average molecular weight is 235 g/mol. The molecule has 0 aromatic carbocycles. The zero-order valence-electron chi connectivity index (χ0n) is 11.8. The summed E-state index contributed by atoms with van der Waals surface area (Å²) in [6.07, 6.45) is 2.29. The molecule has 0 saturated heterocycles. The molecular weight excluding hydrogens is 210 g/mol. The van der Waals surface area contributed by atoms with Gasteiger partial charge >= 0.3 is 0 Å². The molecule has 2 rings (SSSR count). The van der Waals surface area contributed by atoms with E-state index >= 15 is 0 Å². The molecule has 1 N–H and O–H groups in total. The molecule has 0 bridgehead atoms. The summed E-state index contributed by atoms with van der Waals surface area (Å²) >= 11 is 0. The van der Waals surface area contributed by atoms with Crippen molar-refractivity contribution in [3.8, 4) is 0 Å². The van der Waals surface area contributed by atoms with E-state index in [1.54, 1.807) is 0 Å². The molecular formula is C14H25N3. The summed E-state index contributed by atoms with van der Waals surface area (Å²) in [5.41, 5.74) is 3.70. The largest absolute Gasteiger partial charge is 0.312 e. The lowest BCUT2D eigenvalue weighted by atomic mass is 10.0. The maximum Gasteiger partial charge on any atom is 0.131 e. The minimum Gasteiger partial charge on any atom is -0.312 e. The number of fused-ring (bicyclic) bond motifs is 1. The first-order chi connectivity index (χ1) is 8.10. The molecule has 1 aromatic rings. The smallest absolute Gasteiger partial charge is 0.131 e. The van der Waals surface area contributed by atoms with Gasteiger partial charge in [-0.1, -0.05) is 34.1 Å². The molecule has 0 fully saturated rings. The van der Waals surface area contributed by atoms with Crippen molar-refractivity contribution < 1.29 is 0 Å². The molecule has 0 saturated carbocycles. The van der Waals surface area contributed by atoms with Gasteiger partial charge < -0.3 is 5.32 Å². The topological polar surface area (TPSA) is 37.8 Å². The van der Waals surface area contributed by atoms with Crippen molar-refractivity contribution in [1.82, 2.24) is 15.3 Å². The van der Waals surface area contributed by atoms with Gasteiger partial charge in [0, 0.05) is 36.7 Å². The van der Waals surface area contributed by atoms with Gasteiger partial charge in [0.25, 0.3) is 0 Å². The third kappa shape index (κ3) is 3.77. The summed E-state index contributed by atoms with van der Waals surface area (Å²) in [5, 5.41) is 3.35. The maximum atomic E-state index is 4.62. The Balaban J connectivity index is 0.000000437. The van der Waals surface area contributed by atoms with Crippen molar-refractivity contribution in [2.75, 3.05) is 6.54 Å². The van der Waals surface area contributed by atoms with E-state index in [1.807, 2.05) is 0 Å². The van der Waals surface area contributed by atoms with Gasteiger partial charge in [0.15, 0.2) is 0 Å². The van der Waals surface area contributed by atoms with Crippen molar-refractivity contribution in [3.05, 3.63) is 22.8 Å². The molecule has 0 atom stereocenters. The zero-order valence-corrected chi connectivity index (χ0v) is 11.8. The lowest BCUT2D eigenvalue weighted by molar-refractivity contribution is 0.607. The second-order valence-corrected chi connectivity index (χ2v) is 4.88. The number of hydrogen-bond acceptors (Lipinski definition) is 3. The summed E-state index contributed by atoms with van der Waals surface area (Å²) in [6, 6.07) is 0. The highest BCUT2D eigenvalue weighted by atomic mass is 14.9. The SMILES string of the molecule is CCC.Cc1nc(C(C)C)nc2c1CNCC2. The minimum absolute atomic E-state index is 0.425. The van der Waals surface area contributed by atoms with Crippen molar-refractivity contribution in [2.45, 2.75) is 59.9 Å². The Labute approximate surface area is 105 Å². The highest BCUT2D eigenvalue weighted by Crippen LogP contribution is 2.18. The Morgan fingerprint density at radius 3 is 2.47 bits per heavy atom. The molecule has 3 heteroatoms. The standard InChI is InChI=1S/C11H17N3.C3H8/c1-7(2)11-13-8(3)9-6-12-5-4-10(9)14-11;1-3-2/h7,12H,4-6H2,1-3H3;3H2,1-2H3. The van der Waals surface area contributed by atoms with Crippen LogP contribution in [0.5, 0.6) is 0 Å². The highest BCUT2D eigenvalue weighted by Gasteiger charge is 2.15. The van der Waals surface area contributed by atoms with Crippen LogP contribution in [0.25, 0.3) is 0 Å². The molecule has 1 aliphatic rings. The van der Waals surface area contributed by atoms with Gasteiger partial charge in [-0.05, 0) is 6.92 Å². The van der Waals surface area contributed by atoms with Crippen LogP contribution in [-0.2, 0) is 13.0 Å². The van der Waals surface area contributed by atoms with Crippen LogP contribution in [0, 0.1) is 6.92 Å². The quantitative estimate of drug-likeness (QED) is 0.813. The number of nitrogens with one attached hydrogen (secondary N) is 1. The van der Waals surface area contributed by atoms with E-state index in [9.17, 15) is 0 Å². The van der Waals surface area contributed by atoms with E-state index in [1.165, 1.54) is 17.7 Å². The molecule has 17 heavy (non-hydrogen) atoms. The second kappa shape index (κ2) is 6.70. The molecule has 0 aliphatic carbocycles. The van der Waals surface area contributed by atoms with Crippen LogP contribution >= 0.6 is 0 Å². The first-order valence-corrected chi connectivity index (χ1v) is 6.67. The Bertz CT molecular complexity index is 359. The molecule has 96 valence electrons. The summed E-state index contributed by atoms with van der Waals surface area (Å²) in [6.45, 7) is 12.6. The predicted molar refractivity (Wildman–Crippen MR) is 72.2 cm³/mol. The van der Waals surface area contributed by atoms with Gasteiger partial charge in [-0.3, -0.25) is 0 Å². The van der Waals surface area contributed by atoms with E-state index in [4.69, 9.17) is 0 Å². The third-order valence-electron chi connectivity index (χ3n) is 2.67. The molecule has 2 heterocycles. The van der Waals surface area contributed by atoms with Crippen LogP contribution in [-0.4, -0.2) is 16.5 Å². The summed E-state index contributed by atoms with van der Waals surface area (Å²) < 4.78 is 0. The van der Waals surface area contributed by atoms with Gasteiger partial charge in [0.1, 0.15) is 5.82 Å². The average Bonchev–Trinajstić information content (AvgIpc) is 2.30. The van der Waals surface area contributed by atoms with Gasteiger partial charge in [-0.2, -0.15) is 0 Å². The van der Waals surface area contributed by atoms with Gasteiger partial charge in [0.05, 0.1) is 5.69 Å². The number of aromatic nitrogens is 2. The Morgan fingerprint density at radius 2 is 1.88 bits per heavy atom. The van der Waals surface area contributed by atoms with Crippen LogP contribution in [0.3, 0.4) is 0 Å². The Morgan fingerprint density at radius 1 is 1.24 bits per heavy atom. The maximum absolute atomic E-state index is 4.62. The Kier molecular flexibility index (Phi) is 5.56.